The molecule has 1 atom stereocenters. The second kappa shape index (κ2) is 6.57. The van der Waals surface area contributed by atoms with Gasteiger partial charge < -0.3 is 5.32 Å². The summed E-state index contributed by atoms with van der Waals surface area (Å²) in [7, 11) is 0. The number of amides is 1. The molecule has 1 amide bonds. The predicted molar refractivity (Wildman–Crippen MR) is 93.2 cm³/mol. The molecule has 1 aliphatic rings. The number of carbonyl (C=O) groups excluding carboxylic acids is 1. The molecule has 3 aromatic rings. The van der Waals surface area contributed by atoms with E-state index in [0.29, 0.717) is 5.69 Å². The van der Waals surface area contributed by atoms with E-state index in [1.165, 1.54) is 28.2 Å². The minimum atomic E-state index is -0.0810. The summed E-state index contributed by atoms with van der Waals surface area (Å²) in [5.41, 5.74) is 4.12. The Kier molecular flexibility index (Phi) is 4.13. The van der Waals surface area contributed by atoms with E-state index >= 15 is 0 Å². The number of rotatable bonds is 4. The molecule has 0 bridgehead atoms. The average Bonchev–Trinajstić information content (AvgIpc) is 3.24. The lowest BCUT2D eigenvalue weighted by atomic mass is 9.93. The van der Waals surface area contributed by atoms with Crippen LogP contribution in [0.4, 0.5) is 0 Å². The van der Waals surface area contributed by atoms with Gasteiger partial charge in [-0.3, -0.25) is 9.89 Å². The van der Waals surface area contributed by atoms with Crippen LogP contribution in [0.15, 0.2) is 41.9 Å². The Morgan fingerprint density at radius 3 is 3.08 bits per heavy atom. The minimum Gasteiger partial charge on any atom is -0.348 e. The van der Waals surface area contributed by atoms with E-state index < -0.39 is 0 Å². The fraction of sp³-hybridized carbons (Fsp3) is 0.278. The van der Waals surface area contributed by atoms with Crippen molar-refractivity contribution in [2.45, 2.75) is 31.7 Å². The Bertz CT molecular complexity index is 840. The van der Waals surface area contributed by atoms with E-state index in [1.54, 1.807) is 0 Å². The van der Waals surface area contributed by atoms with Crippen molar-refractivity contribution in [1.82, 2.24) is 20.5 Å². The van der Waals surface area contributed by atoms with E-state index in [0.717, 1.165) is 30.7 Å². The first kappa shape index (κ1) is 15.1. The van der Waals surface area contributed by atoms with Gasteiger partial charge in [0.15, 0.2) is 0 Å². The zero-order valence-electron chi connectivity index (χ0n) is 13.2. The second-order valence-electron chi connectivity index (χ2n) is 6.08. The fourth-order valence-electron chi connectivity index (χ4n) is 3.07. The van der Waals surface area contributed by atoms with Crippen molar-refractivity contribution in [2.24, 2.45) is 0 Å². The standard InChI is InChI=1S/C18H18N4OS/c23-18(20-14-6-7-15-13(9-14)10-19-22-15)16-11-24-17(21-16)8-12-4-2-1-3-5-12/h1-5,10-11,14H,6-9H2,(H,19,22)(H,20,23)/t14-/m0/s1. The van der Waals surface area contributed by atoms with Gasteiger partial charge in [0.2, 0.25) is 0 Å². The molecular formula is C18H18N4OS. The Hall–Kier alpha value is -2.47. The van der Waals surface area contributed by atoms with E-state index in [1.807, 2.05) is 29.8 Å². The van der Waals surface area contributed by atoms with Gasteiger partial charge in [0, 0.05) is 23.5 Å². The van der Waals surface area contributed by atoms with Crippen molar-refractivity contribution >= 4 is 17.2 Å². The summed E-state index contributed by atoms with van der Waals surface area (Å²) in [6.45, 7) is 0. The van der Waals surface area contributed by atoms with E-state index in [4.69, 9.17) is 0 Å². The Morgan fingerprint density at radius 2 is 2.21 bits per heavy atom. The summed E-state index contributed by atoms with van der Waals surface area (Å²) in [6.07, 6.45) is 5.31. The van der Waals surface area contributed by atoms with Crippen molar-refractivity contribution < 1.29 is 4.79 Å². The lowest BCUT2D eigenvalue weighted by Gasteiger charge is -2.22. The number of aromatic nitrogens is 3. The van der Waals surface area contributed by atoms with E-state index in [2.05, 4.69) is 32.6 Å². The molecule has 4 rings (SSSR count). The average molecular weight is 338 g/mol. The highest BCUT2D eigenvalue weighted by molar-refractivity contribution is 7.09. The lowest BCUT2D eigenvalue weighted by molar-refractivity contribution is 0.0929. The number of nitrogens with one attached hydrogen (secondary N) is 2. The number of nitrogens with zero attached hydrogens (tertiary/aromatic N) is 2. The molecule has 0 fully saturated rings. The summed E-state index contributed by atoms with van der Waals surface area (Å²) in [5.74, 6) is -0.0810. The Labute approximate surface area is 144 Å². The SMILES string of the molecule is O=C(N[C@H]1CCc2[nH]ncc2C1)c1csc(Cc2ccccc2)n1. The molecule has 122 valence electrons. The van der Waals surface area contributed by atoms with Crippen LogP contribution in [0, 0.1) is 0 Å². The number of fused-ring (bicyclic) bond motifs is 1. The van der Waals surface area contributed by atoms with Crippen molar-refractivity contribution in [3.05, 3.63) is 69.4 Å². The van der Waals surface area contributed by atoms with Crippen molar-refractivity contribution in [3.63, 3.8) is 0 Å². The van der Waals surface area contributed by atoms with Crippen LogP contribution in [0.1, 0.15) is 38.7 Å². The third-order valence-electron chi connectivity index (χ3n) is 4.33. The van der Waals surface area contributed by atoms with Gasteiger partial charge in [-0.25, -0.2) is 4.98 Å². The molecule has 2 heterocycles. The smallest absolute Gasteiger partial charge is 0.270 e. The first-order chi connectivity index (χ1) is 11.8. The van der Waals surface area contributed by atoms with Crippen LogP contribution in [0.25, 0.3) is 0 Å². The molecule has 6 heteroatoms. The molecule has 0 radical (unpaired) electrons. The molecule has 0 unspecified atom stereocenters. The molecule has 24 heavy (non-hydrogen) atoms. The number of thiazole rings is 1. The van der Waals surface area contributed by atoms with Crippen LogP contribution in [0.2, 0.25) is 0 Å². The van der Waals surface area contributed by atoms with Gasteiger partial charge in [-0.05, 0) is 30.4 Å². The maximum atomic E-state index is 12.4. The van der Waals surface area contributed by atoms with Gasteiger partial charge >= 0.3 is 0 Å². The van der Waals surface area contributed by atoms with Gasteiger partial charge in [0.05, 0.1) is 11.2 Å². The predicted octanol–water partition coefficient (Wildman–Crippen LogP) is 2.74. The molecule has 1 aliphatic carbocycles. The number of benzene rings is 1. The third kappa shape index (κ3) is 3.23. The lowest BCUT2D eigenvalue weighted by Crippen LogP contribution is -2.38. The topological polar surface area (TPSA) is 70.7 Å². The summed E-state index contributed by atoms with van der Waals surface area (Å²) in [6, 6.07) is 10.3. The van der Waals surface area contributed by atoms with E-state index in [-0.39, 0.29) is 11.9 Å². The summed E-state index contributed by atoms with van der Waals surface area (Å²) in [4.78, 5) is 16.9. The summed E-state index contributed by atoms with van der Waals surface area (Å²) in [5, 5.41) is 13.0. The van der Waals surface area contributed by atoms with Gasteiger partial charge in [-0.15, -0.1) is 11.3 Å². The first-order valence-corrected chi connectivity index (χ1v) is 8.96. The quantitative estimate of drug-likeness (QED) is 0.768. The highest BCUT2D eigenvalue weighted by Gasteiger charge is 2.22. The Morgan fingerprint density at radius 1 is 1.33 bits per heavy atom. The number of hydrogen-bond acceptors (Lipinski definition) is 4. The summed E-state index contributed by atoms with van der Waals surface area (Å²) < 4.78 is 0. The van der Waals surface area contributed by atoms with Crippen LogP contribution in [0.5, 0.6) is 0 Å². The highest BCUT2D eigenvalue weighted by Crippen LogP contribution is 2.20. The molecule has 0 aliphatic heterocycles. The molecule has 2 N–H and O–H groups in total. The van der Waals surface area contributed by atoms with Crippen molar-refractivity contribution in [2.75, 3.05) is 0 Å². The zero-order valence-corrected chi connectivity index (χ0v) is 14.0. The fourth-order valence-corrected chi connectivity index (χ4v) is 3.87. The van der Waals surface area contributed by atoms with Crippen LogP contribution in [-0.4, -0.2) is 27.1 Å². The first-order valence-electron chi connectivity index (χ1n) is 8.08. The van der Waals surface area contributed by atoms with Crippen LogP contribution >= 0.6 is 11.3 Å². The minimum absolute atomic E-state index is 0.0810. The van der Waals surface area contributed by atoms with E-state index in [9.17, 15) is 4.79 Å². The third-order valence-corrected chi connectivity index (χ3v) is 5.18. The largest absolute Gasteiger partial charge is 0.348 e. The van der Waals surface area contributed by atoms with Crippen LogP contribution < -0.4 is 5.32 Å². The number of hydrogen-bond donors (Lipinski definition) is 2. The van der Waals surface area contributed by atoms with Gasteiger partial charge in [0.25, 0.3) is 5.91 Å². The highest BCUT2D eigenvalue weighted by atomic mass is 32.1. The van der Waals surface area contributed by atoms with Gasteiger partial charge in [0.1, 0.15) is 5.69 Å². The molecule has 1 aromatic carbocycles. The zero-order chi connectivity index (χ0) is 16.4. The van der Waals surface area contributed by atoms with Crippen molar-refractivity contribution in [3.8, 4) is 0 Å². The monoisotopic (exact) mass is 338 g/mol. The molecule has 0 spiro atoms. The maximum Gasteiger partial charge on any atom is 0.270 e. The Balaban J connectivity index is 1.39. The number of aryl methyl sites for hydroxylation is 1. The number of aromatic amines is 1. The molecule has 5 nitrogen and oxygen atoms in total. The normalized spacial score (nSPS) is 16.6. The number of carbonyl (C=O) groups is 1. The second-order valence-corrected chi connectivity index (χ2v) is 7.02. The van der Waals surface area contributed by atoms with Gasteiger partial charge in [-0.1, -0.05) is 30.3 Å². The van der Waals surface area contributed by atoms with Gasteiger partial charge in [-0.2, -0.15) is 5.10 Å². The van der Waals surface area contributed by atoms with Crippen LogP contribution in [-0.2, 0) is 19.3 Å². The van der Waals surface area contributed by atoms with Crippen molar-refractivity contribution in [1.29, 1.82) is 0 Å². The molecular weight excluding hydrogens is 320 g/mol. The maximum absolute atomic E-state index is 12.4. The molecule has 2 aromatic heterocycles. The molecule has 0 saturated heterocycles. The number of H-pyrrole nitrogens is 1. The molecule has 0 saturated carbocycles. The van der Waals surface area contributed by atoms with Crippen LogP contribution in [0.3, 0.4) is 0 Å². The summed E-state index contributed by atoms with van der Waals surface area (Å²) >= 11 is 1.54.